The third kappa shape index (κ3) is 3.87. The predicted octanol–water partition coefficient (Wildman–Crippen LogP) is 4.00. The van der Waals surface area contributed by atoms with E-state index < -0.39 is 12.3 Å². The van der Waals surface area contributed by atoms with Crippen molar-refractivity contribution in [1.29, 1.82) is 0 Å². The molecule has 0 amide bonds. The highest BCUT2D eigenvalue weighted by atomic mass is 35.5. The van der Waals surface area contributed by atoms with Crippen LogP contribution in [0, 0.1) is 0 Å². The molecule has 0 heterocycles. The Morgan fingerprint density at radius 1 is 1.00 bits per heavy atom. The summed E-state index contributed by atoms with van der Waals surface area (Å²) in [7, 11) is 0. The second kappa shape index (κ2) is 6.78. The number of para-hydroxylation sites is 1. The highest BCUT2D eigenvalue weighted by Gasteiger charge is 2.19. The van der Waals surface area contributed by atoms with E-state index in [1.165, 1.54) is 0 Å². The van der Waals surface area contributed by atoms with Gasteiger partial charge >= 0.3 is 5.97 Å². The molecule has 0 aliphatic carbocycles. The quantitative estimate of drug-likeness (QED) is 0.616. The number of carbonyl (C=O) groups is 1. The molecule has 0 radical (unpaired) electrons. The molecule has 0 bridgehead atoms. The Labute approximate surface area is 122 Å². The van der Waals surface area contributed by atoms with Gasteiger partial charge in [-0.25, -0.2) is 4.79 Å². The lowest BCUT2D eigenvalue weighted by molar-refractivity contribution is -0.0237. The fraction of sp³-hybridized carbons (Fsp3) is 0.0625. The minimum Gasteiger partial charge on any atom is -0.450 e. The summed E-state index contributed by atoms with van der Waals surface area (Å²) in [6.45, 7) is 3.56. The zero-order chi connectivity index (χ0) is 14.4. The van der Waals surface area contributed by atoms with Crippen molar-refractivity contribution in [1.82, 2.24) is 0 Å². The topological polar surface area (TPSA) is 35.5 Å². The minimum atomic E-state index is -1.04. The fourth-order valence-corrected chi connectivity index (χ4v) is 1.60. The lowest BCUT2D eigenvalue weighted by atomic mass is 10.2. The molecule has 0 saturated heterocycles. The van der Waals surface area contributed by atoms with E-state index in [4.69, 9.17) is 21.1 Å². The van der Waals surface area contributed by atoms with Crippen molar-refractivity contribution in [2.24, 2.45) is 0 Å². The van der Waals surface area contributed by atoms with Gasteiger partial charge in [-0.2, -0.15) is 0 Å². The maximum absolute atomic E-state index is 11.9. The molecular formula is C16H13ClO3. The molecule has 0 fully saturated rings. The molecule has 1 atom stereocenters. The Morgan fingerprint density at radius 3 is 2.10 bits per heavy atom. The van der Waals surface area contributed by atoms with Crippen LogP contribution in [-0.4, -0.2) is 12.3 Å². The van der Waals surface area contributed by atoms with Crippen LogP contribution in [0.1, 0.15) is 10.4 Å². The number of esters is 1. The molecular weight excluding hydrogens is 276 g/mol. The van der Waals surface area contributed by atoms with E-state index in [1.54, 1.807) is 36.4 Å². The number of rotatable bonds is 5. The molecule has 0 aromatic heterocycles. The van der Waals surface area contributed by atoms with Crippen molar-refractivity contribution in [2.75, 3.05) is 0 Å². The average Bonchev–Trinajstić information content (AvgIpc) is 2.48. The van der Waals surface area contributed by atoms with Gasteiger partial charge < -0.3 is 9.47 Å². The van der Waals surface area contributed by atoms with Crippen LogP contribution in [0.25, 0.3) is 0 Å². The molecule has 0 aliphatic heterocycles. The van der Waals surface area contributed by atoms with Crippen LogP contribution < -0.4 is 4.74 Å². The summed E-state index contributed by atoms with van der Waals surface area (Å²) >= 11 is 5.83. The summed E-state index contributed by atoms with van der Waals surface area (Å²) in [6.07, 6.45) is -1.04. The summed E-state index contributed by atoms with van der Waals surface area (Å²) in [4.78, 5) is 11.9. The minimum absolute atomic E-state index is 0.0955. The van der Waals surface area contributed by atoms with Gasteiger partial charge in [0.25, 0.3) is 6.29 Å². The van der Waals surface area contributed by atoms with Gasteiger partial charge in [-0.1, -0.05) is 54.6 Å². The Morgan fingerprint density at radius 2 is 1.55 bits per heavy atom. The molecule has 4 heteroatoms. The molecule has 2 aromatic carbocycles. The lowest BCUT2D eigenvalue weighted by Gasteiger charge is -2.18. The fourth-order valence-electron chi connectivity index (χ4n) is 1.51. The molecule has 1 unspecified atom stereocenters. The predicted molar refractivity (Wildman–Crippen MR) is 77.7 cm³/mol. The summed E-state index contributed by atoms with van der Waals surface area (Å²) in [5.74, 6) is 0.0218. The largest absolute Gasteiger partial charge is 0.450 e. The summed E-state index contributed by atoms with van der Waals surface area (Å²) < 4.78 is 10.7. The highest BCUT2D eigenvalue weighted by Crippen LogP contribution is 2.18. The average molecular weight is 289 g/mol. The Bertz CT molecular complexity index is 581. The lowest BCUT2D eigenvalue weighted by Crippen LogP contribution is -2.24. The van der Waals surface area contributed by atoms with Gasteiger partial charge in [0, 0.05) is 0 Å². The maximum Gasteiger partial charge on any atom is 0.341 e. The second-order valence-corrected chi connectivity index (χ2v) is 4.47. The Kier molecular flexibility index (Phi) is 4.80. The SMILES string of the molecule is C=C(Cl)C(OC(=O)c1ccccc1)Oc1ccccc1. The molecule has 0 aliphatic rings. The van der Waals surface area contributed by atoms with Crippen molar-refractivity contribution in [3.63, 3.8) is 0 Å². The highest BCUT2D eigenvalue weighted by molar-refractivity contribution is 6.29. The monoisotopic (exact) mass is 288 g/mol. The van der Waals surface area contributed by atoms with Crippen LogP contribution in [0.15, 0.2) is 72.3 Å². The van der Waals surface area contributed by atoms with E-state index in [0.717, 1.165) is 0 Å². The first-order valence-corrected chi connectivity index (χ1v) is 6.36. The molecule has 20 heavy (non-hydrogen) atoms. The zero-order valence-corrected chi connectivity index (χ0v) is 11.4. The number of benzene rings is 2. The van der Waals surface area contributed by atoms with E-state index >= 15 is 0 Å². The third-order valence-electron chi connectivity index (χ3n) is 2.47. The van der Waals surface area contributed by atoms with Crippen LogP contribution in [-0.2, 0) is 4.74 Å². The number of carbonyl (C=O) groups excluding carboxylic acids is 1. The van der Waals surface area contributed by atoms with E-state index in [0.29, 0.717) is 11.3 Å². The van der Waals surface area contributed by atoms with Crippen molar-refractivity contribution < 1.29 is 14.3 Å². The summed E-state index contributed by atoms with van der Waals surface area (Å²) in [5, 5.41) is 0.0955. The Hall–Kier alpha value is -2.26. The maximum atomic E-state index is 11.9. The van der Waals surface area contributed by atoms with Gasteiger partial charge in [0.2, 0.25) is 0 Å². The molecule has 2 rings (SSSR count). The van der Waals surface area contributed by atoms with Crippen LogP contribution in [0.4, 0.5) is 0 Å². The van der Waals surface area contributed by atoms with Crippen LogP contribution in [0.2, 0.25) is 0 Å². The van der Waals surface area contributed by atoms with Crippen LogP contribution in [0.5, 0.6) is 5.75 Å². The molecule has 102 valence electrons. The normalized spacial score (nSPS) is 11.4. The van der Waals surface area contributed by atoms with E-state index in [2.05, 4.69) is 6.58 Å². The van der Waals surface area contributed by atoms with Crippen molar-refractivity contribution in [3.05, 3.63) is 77.8 Å². The molecule has 0 N–H and O–H groups in total. The first-order chi connectivity index (χ1) is 9.66. The third-order valence-corrected chi connectivity index (χ3v) is 2.64. The smallest absolute Gasteiger partial charge is 0.341 e. The standard InChI is InChI=1S/C16H13ClO3/c1-12(17)16(19-14-10-6-3-7-11-14)20-15(18)13-8-4-2-5-9-13/h2-11,16H,1H2. The Balaban J connectivity index is 2.07. The van der Waals surface area contributed by atoms with E-state index in [-0.39, 0.29) is 5.03 Å². The van der Waals surface area contributed by atoms with Gasteiger partial charge in [-0.15, -0.1) is 0 Å². The molecule has 0 spiro atoms. The van der Waals surface area contributed by atoms with Crippen LogP contribution >= 0.6 is 11.6 Å². The van der Waals surface area contributed by atoms with Gasteiger partial charge in [-0.05, 0) is 24.3 Å². The first kappa shape index (κ1) is 14.2. The number of halogens is 1. The summed E-state index contributed by atoms with van der Waals surface area (Å²) in [6, 6.07) is 17.6. The van der Waals surface area contributed by atoms with E-state index in [9.17, 15) is 4.79 Å². The molecule has 0 saturated carbocycles. The zero-order valence-electron chi connectivity index (χ0n) is 10.7. The van der Waals surface area contributed by atoms with E-state index in [1.807, 2.05) is 24.3 Å². The number of hydrogen-bond acceptors (Lipinski definition) is 3. The second-order valence-electron chi connectivity index (χ2n) is 3.98. The van der Waals surface area contributed by atoms with Gasteiger partial charge in [0.1, 0.15) is 5.75 Å². The number of hydrogen-bond donors (Lipinski definition) is 0. The van der Waals surface area contributed by atoms with Gasteiger partial charge in [0.15, 0.2) is 0 Å². The van der Waals surface area contributed by atoms with Gasteiger partial charge in [-0.3, -0.25) is 0 Å². The summed E-state index contributed by atoms with van der Waals surface area (Å²) in [5.41, 5.74) is 0.423. The molecule has 3 nitrogen and oxygen atoms in total. The van der Waals surface area contributed by atoms with Gasteiger partial charge in [0.05, 0.1) is 10.6 Å². The first-order valence-electron chi connectivity index (χ1n) is 5.99. The number of ether oxygens (including phenoxy) is 2. The van der Waals surface area contributed by atoms with Crippen LogP contribution in [0.3, 0.4) is 0 Å². The molecule has 2 aromatic rings. The van der Waals surface area contributed by atoms with Crippen molar-refractivity contribution in [3.8, 4) is 5.75 Å². The van der Waals surface area contributed by atoms with Crippen molar-refractivity contribution >= 4 is 17.6 Å². The van der Waals surface area contributed by atoms with Crippen molar-refractivity contribution in [2.45, 2.75) is 6.29 Å².